The molecule has 0 radical (unpaired) electrons. The topological polar surface area (TPSA) is 237 Å². The lowest BCUT2D eigenvalue weighted by Crippen LogP contribution is -2.30. The van der Waals surface area contributed by atoms with Gasteiger partial charge in [0.05, 0.1) is 26.4 Å². The van der Waals surface area contributed by atoms with Crippen LogP contribution in [0, 0.1) is 0 Å². The number of carbonyl (C=O) groups is 4. The molecule has 17 nitrogen and oxygen atoms in total. The van der Waals surface area contributed by atoms with Crippen LogP contribution < -0.4 is 0 Å². The molecule has 0 rings (SSSR count). The Balaban J connectivity index is 5.43. The van der Waals surface area contributed by atoms with Crippen molar-refractivity contribution < 1.29 is 80.2 Å². The van der Waals surface area contributed by atoms with E-state index in [1.807, 2.05) is 0 Å². The van der Waals surface area contributed by atoms with Crippen molar-refractivity contribution in [1.29, 1.82) is 0 Å². The van der Waals surface area contributed by atoms with Crippen LogP contribution in [0.25, 0.3) is 0 Å². The fourth-order valence-electron chi connectivity index (χ4n) is 11.7. The Bertz CT molecular complexity index is 2690. The quantitative estimate of drug-likeness (QED) is 0.0169. The predicted octanol–water partition coefficient (Wildman–Crippen LogP) is 26.6. The molecule has 642 valence electrons. The van der Waals surface area contributed by atoms with E-state index >= 15 is 0 Å². The van der Waals surface area contributed by atoms with E-state index < -0.39 is 97.5 Å². The largest absolute Gasteiger partial charge is 0.472 e. The van der Waals surface area contributed by atoms with E-state index in [-0.39, 0.29) is 25.7 Å². The Morgan fingerprint density at radius 2 is 0.464 bits per heavy atom. The van der Waals surface area contributed by atoms with Crippen LogP contribution in [0.15, 0.2) is 146 Å². The number of hydrogen-bond acceptors (Lipinski definition) is 15. The molecular weight excluding hydrogens is 1450 g/mol. The lowest BCUT2D eigenvalue weighted by molar-refractivity contribution is -0.161. The van der Waals surface area contributed by atoms with Gasteiger partial charge in [0.15, 0.2) is 12.2 Å². The van der Waals surface area contributed by atoms with Gasteiger partial charge in [-0.3, -0.25) is 37.3 Å². The van der Waals surface area contributed by atoms with E-state index in [0.29, 0.717) is 25.7 Å². The van der Waals surface area contributed by atoms with Crippen LogP contribution >= 0.6 is 15.6 Å². The number of ether oxygens (including phenoxy) is 4. The first kappa shape index (κ1) is 107. The average molecular weight is 1610 g/mol. The summed E-state index contributed by atoms with van der Waals surface area (Å²) in [6, 6.07) is 0. The molecule has 0 fully saturated rings. The highest BCUT2D eigenvalue weighted by Crippen LogP contribution is 2.45. The maximum absolute atomic E-state index is 13.2. The Morgan fingerprint density at radius 3 is 0.741 bits per heavy atom. The highest BCUT2D eigenvalue weighted by atomic mass is 31.2. The third kappa shape index (κ3) is 82.9. The van der Waals surface area contributed by atoms with Crippen molar-refractivity contribution in [3.05, 3.63) is 146 Å². The van der Waals surface area contributed by atoms with Gasteiger partial charge in [0, 0.05) is 25.7 Å². The minimum Gasteiger partial charge on any atom is -0.462 e. The molecule has 19 heteroatoms. The van der Waals surface area contributed by atoms with Gasteiger partial charge in [0.25, 0.3) is 0 Å². The van der Waals surface area contributed by atoms with Crippen molar-refractivity contribution in [1.82, 2.24) is 0 Å². The van der Waals surface area contributed by atoms with E-state index in [0.717, 1.165) is 199 Å². The summed E-state index contributed by atoms with van der Waals surface area (Å²) in [4.78, 5) is 73.4. The van der Waals surface area contributed by atoms with Gasteiger partial charge in [0.2, 0.25) is 0 Å². The van der Waals surface area contributed by atoms with Crippen molar-refractivity contribution in [2.45, 2.75) is 380 Å². The second kappa shape index (κ2) is 83.9. The monoisotopic (exact) mass is 1610 g/mol. The van der Waals surface area contributed by atoms with Gasteiger partial charge in [-0.1, -0.05) is 334 Å². The number of rotatable bonds is 82. The molecule has 0 saturated carbocycles. The summed E-state index contributed by atoms with van der Waals surface area (Å²) in [5, 5.41) is 10.7. The van der Waals surface area contributed by atoms with E-state index in [4.69, 9.17) is 37.0 Å². The number of aliphatic hydroxyl groups is 1. The molecule has 0 heterocycles. The van der Waals surface area contributed by atoms with Crippen molar-refractivity contribution in [2.24, 2.45) is 0 Å². The second-order valence-electron chi connectivity index (χ2n) is 29.1. The third-order valence-electron chi connectivity index (χ3n) is 18.3. The van der Waals surface area contributed by atoms with Gasteiger partial charge in [-0.15, -0.1) is 0 Å². The van der Waals surface area contributed by atoms with Gasteiger partial charge >= 0.3 is 39.5 Å². The number of phosphoric acid groups is 2. The number of hydrogen-bond donors (Lipinski definition) is 3. The maximum atomic E-state index is 13.2. The normalized spacial score (nSPS) is 14.5. The average Bonchev–Trinajstić information content (AvgIpc) is 0.898. The molecule has 0 aromatic rings. The van der Waals surface area contributed by atoms with Crippen LogP contribution in [0.5, 0.6) is 0 Å². The molecule has 5 atom stereocenters. The van der Waals surface area contributed by atoms with Crippen molar-refractivity contribution in [2.75, 3.05) is 39.6 Å². The molecule has 5 unspecified atom stereocenters. The fourth-order valence-corrected chi connectivity index (χ4v) is 13.2. The van der Waals surface area contributed by atoms with Crippen LogP contribution in [0.2, 0.25) is 0 Å². The highest BCUT2D eigenvalue weighted by molar-refractivity contribution is 7.47. The minimum atomic E-state index is -5.00. The first-order valence-corrected chi connectivity index (χ1v) is 47.1. The zero-order valence-corrected chi connectivity index (χ0v) is 72.3. The molecule has 0 amide bonds. The standard InChI is InChI=1S/C93H158O17P2/c1-5-9-13-17-21-25-29-33-37-40-43-46-50-53-57-61-65-69-73-77-90(95)103-83-88(109-92(97)79-75-71-67-63-59-55-49-36-32-28-24-20-16-12-8-4)85-107-111(99,100)105-81-87(94)82-106-112(101,102)108-86-89(110-93(98)80-76-72-68-64-60-56-52-48-45-42-39-35-31-27-23-19-15-11-7-3)84-104-91(96)78-74-70-66-62-58-54-51-47-44-41-38-34-30-26-22-18-14-10-6-2/h9-10,13-14,21-23,25-27,33-35,37-39,43-48,53,57,87-89,94H,5-8,11-12,15-20,24,28-32,36,40-42,49-52,54-56,58-86H2,1-4H3,(H,99,100)(H,101,102)/b13-9-,14-10-,25-21-,26-22-,27-23-,37-33-,38-34-,39-35-,46-43-,47-44-,48-45-,57-53-. The van der Waals surface area contributed by atoms with E-state index in [1.54, 1.807) is 0 Å². The Hall–Kier alpha value is -5.06. The van der Waals surface area contributed by atoms with Gasteiger partial charge < -0.3 is 33.8 Å². The van der Waals surface area contributed by atoms with Crippen LogP contribution in [0.3, 0.4) is 0 Å². The van der Waals surface area contributed by atoms with Gasteiger partial charge in [-0.05, 0) is 148 Å². The number of allylic oxidation sites excluding steroid dienone is 24. The number of esters is 4. The number of carbonyl (C=O) groups excluding carboxylic acids is 4. The van der Waals surface area contributed by atoms with Gasteiger partial charge in [-0.25, -0.2) is 9.13 Å². The molecule has 112 heavy (non-hydrogen) atoms. The van der Waals surface area contributed by atoms with Crippen molar-refractivity contribution >= 4 is 39.5 Å². The van der Waals surface area contributed by atoms with Gasteiger partial charge in [-0.2, -0.15) is 0 Å². The summed E-state index contributed by atoms with van der Waals surface area (Å²) in [6.45, 7) is 4.61. The van der Waals surface area contributed by atoms with Crippen molar-refractivity contribution in [3.63, 3.8) is 0 Å². The summed E-state index contributed by atoms with van der Waals surface area (Å²) in [6.07, 6.45) is 97.9. The first-order valence-electron chi connectivity index (χ1n) is 44.1. The first-order chi connectivity index (χ1) is 54.7. The Morgan fingerprint density at radius 1 is 0.259 bits per heavy atom. The molecule has 0 aromatic carbocycles. The highest BCUT2D eigenvalue weighted by Gasteiger charge is 2.30. The third-order valence-corrected chi connectivity index (χ3v) is 20.2. The van der Waals surface area contributed by atoms with Crippen molar-refractivity contribution in [3.8, 4) is 0 Å². The van der Waals surface area contributed by atoms with E-state index in [2.05, 4.69) is 174 Å². The molecule has 0 aliphatic heterocycles. The van der Waals surface area contributed by atoms with E-state index in [9.17, 15) is 43.2 Å². The lowest BCUT2D eigenvalue weighted by atomic mass is 10.0. The zero-order chi connectivity index (χ0) is 81.7. The number of aliphatic hydroxyl groups excluding tert-OH is 1. The minimum absolute atomic E-state index is 0.0733. The summed E-state index contributed by atoms with van der Waals surface area (Å²) < 4.78 is 68.9. The van der Waals surface area contributed by atoms with Crippen LogP contribution in [-0.4, -0.2) is 96.7 Å². The predicted molar refractivity (Wildman–Crippen MR) is 464 cm³/mol. The molecule has 0 aromatic heterocycles. The molecule has 0 spiro atoms. The smallest absolute Gasteiger partial charge is 0.462 e. The Kier molecular flexibility index (Phi) is 80.1. The number of unbranched alkanes of at least 4 members (excludes halogenated alkanes) is 32. The second-order valence-corrected chi connectivity index (χ2v) is 32.0. The summed E-state index contributed by atoms with van der Waals surface area (Å²) in [7, 11) is -9.99. The molecular formula is C93H158O17P2. The summed E-state index contributed by atoms with van der Waals surface area (Å²) in [5.74, 6) is -2.23. The summed E-state index contributed by atoms with van der Waals surface area (Å²) in [5.41, 5.74) is 0. The van der Waals surface area contributed by atoms with Crippen LogP contribution in [0.1, 0.15) is 362 Å². The molecule has 0 saturated heterocycles. The lowest BCUT2D eigenvalue weighted by Gasteiger charge is -2.21. The molecule has 0 bridgehead atoms. The molecule has 0 aliphatic rings. The maximum Gasteiger partial charge on any atom is 0.472 e. The summed E-state index contributed by atoms with van der Waals surface area (Å²) >= 11 is 0. The van der Waals surface area contributed by atoms with Crippen LogP contribution in [-0.2, 0) is 65.4 Å². The molecule has 0 aliphatic carbocycles. The zero-order valence-electron chi connectivity index (χ0n) is 70.6. The van der Waals surface area contributed by atoms with E-state index in [1.165, 1.54) is 83.5 Å². The number of phosphoric ester groups is 2. The fraction of sp³-hybridized carbons (Fsp3) is 0.699. The van der Waals surface area contributed by atoms with Crippen LogP contribution in [0.4, 0.5) is 0 Å². The SMILES string of the molecule is CC/C=C\C/C=C\C/C=C\C/C=C\C/C=C\CCCCCC(=O)OCC(COP(=O)(O)OCC(O)COP(=O)(O)OCC(COC(=O)CCCCCCCC/C=C\C/C=C\C/C=C\C/C=C\CC)OC(=O)CCCCCCCC/C=C\C/C=C\C/C=C\CCCCC)OC(=O)CCCCCCCCCCCCCCCCC. The van der Waals surface area contributed by atoms with Gasteiger partial charge in [0.1, 0.15) is 19.3 Å². The Labute approximate surface area is 681 Å². The molecule has 3 N–H and O–H groups in total.